The number of amides is 1. The Morgan fingerprint density at radius 3 is 2.26 bits per heavy atom. The van der Waals surface area contributed by atoms with Gasteiger partial charge < -0.3 is 16.2 Å². The minimum Gasteiger partial charge on any atom is -0.399 e. The lowest BCUT2D eigenvalue weighted by molar-refractivity contribution is -0.127. The molecule has 0 aliphatic heterocycles. The van der Waals surface area contributed by atoms with Crippen LogP contribution in [-0.2, 0) is 10.2 Å². The molecule has 4 heteroatoms. The van der Waals surface area contributed by atoms with Crippen LogP contribution in [-0.4, -0.2) is 23.2 Å². The summed E-state index contributed by atoms with van der Waals surface area (Å²) in [6.45, 7) is 0.0383. The quantitative estimate of drug-likeness (QED) is 0.715. The van der Waals surface area contributed by atoms with E-state index in [9.17, 15) is 9.90 Å². The predicted octanol–water partition coefficient (Wildman–Crippen LogP) is 1.33. The fourth-order valence-corrected chi connectivity index (χ4v) is 2.86. The van der Waals surface area contributed by atoms with E-state index in [1.165, 1.54) is 0 Å². The number of aliphatic hydroxyl groups excluding tert-OH is 1. The summed E-state index contributed by atoms with van der Waals surface area (Å²) in [5.41, 5.74) is 6.69. The van der Waals surface area contributed by atoms with Crippen molar-refractivity contribution in [3.05, 3.63) is 29.8 Å². The SMILES string of the molecule is Nc1ccc(C2(C(=O)NC3(CO)CCC3)CC2)cc1. The highest BCUT2D eigenvalue weighted by Crippen LogP contribution is 2.49. The van der Waals surface area contributed by atoms with Gasteiger partial charge in [0.25, 0.3) is 0 Å². The number of carbonyl (C=O) groups excluding carboxylic acids is 1. The number of nitrogens with one attached hydrogen (secondary N) is 1. The van der Waals surface area contributed by atoms with Crippen LogP contribution in [0.1, 0.15) is 37.7 Å². The summed E-state index contributed by atoms with van der Waals surface area (Å²) >= 11 is 0. The minimum absolute atomic E-state index is 0.0383. The van der Waals surface area contributed by atoms with E-state index in [4.69, 9.17) is 5.73 Å². The molecule has 2 saturated carbocycles. The summed E-state index contributed by atoms with van der Waals surface area (Å²) in [7, 11) is 0. The predicted molar refractivity (Wildman–Crippen MR) is 73.6 cm³/mol. The Kier molecular flexibility index (Phi) is 2.78. The van der Waals surface area contributed by atoms with Gasteiger partial charge in [0, 0.05) is 5.69 Å². The van der Waals surface area contributed by atoms with E-state index >= 15 is 0 Å². The zero-order valence-corrected chi connectivity index (χ0v) is 11.0. The molecule has 0 spiro atoms. The van der Waals surface area contributed by atoms with Gasteiger partial charge in [0.1, 0.15) is 0 Å². The lowest BCUT2D eigenvalue weighted by Crippen LogP contribution is -2.58. The topological polar surface area (TPSA) is 75.4 Å². The molecule has 0 radical (unpaired) electrons. The smallest absolute Gasteiger partial charge is 0.231 e. The van der Waals surface area contributed by atoms with Crippen LogP contribution in [0.3, 0.4) is 0 Å². The second-order valence-corrected chi connectivity index (χ2v) is 5.95. The van der Waals surface area contributed by atoms with E-state index in [1.807, 2.05) is 24.3 Å². The molecule has 0 heterocycles. The molecule has 0 saturated heterocycles. The molecular formula is C15H20N2O2. The number of hydrogen-bond donors (Lipinski definition) is 3. The molecule has 2 fully saturated rings. The van der Waals surface area contributed by atoms with Gasteiger partial charge in [-0.25, -0.2) is 0 Å². The van der Waals surface area contributed by atoms with Gasteiger partial charge in [0.2, 0.25) is 5.91 Å². The molecule has 2 aliphatic carbocycles. The number of carbonyl (C=O) groups is 1. The molecule has 102 valence electrons. The van der Waals surface area contributed by atoms with Gasteiger partial charge in [-0.3, -0.25) is 4.79 Å². The van der Waals surface area contributed by atoms with E-state index < -0.39 is 0 Å². The maximum Gasteiger partial charge on any atom is 0.231 e. The van der Waals surface area contributed by atoms with Crippen molar-refractivity contribution in [1.29, 1.82) is 0 Å². The molecule has 1 aromatic rings. The Morgan fingerprint density at radius 2 is 1.84 bits per heavy atom. The highest BCUT2D eigenvalue weighted by Gasteiger charge is 2.53. The molecule has 0 unspecified atom stereocenters. The van der Waals surface area contributed by atoms with Crippen molar-refractivity contribution in [2.24, 2.45) is 0 Å². The number of rotatable bonds is 4. The first-order chi connectivity index (χ1) is 9.10. The number of hydrogen-bond acceptors (Lipinski definition) is 3. The lowest BCUT2D eigenvalue weighted by Gasteiger charge is -2.42. The van der Waals surface area contributed by atoms with Gasteiger partial charge >= 0.3 is 0 Å². The summed E-state index contributed by atoms with van der Waals surface area (Å²) < 4.78 is 0. The summed E-state index contributed by atoms with van der Waals surface area (Å²) in [5, 5.41) is 12.5. The Morgan fingerprint density at radius 1 is 1.21 bits per heavy atom. The molecular weight excluding hydrogens is 240 g/mol. The molecule has 1 aromatic carbocycles. The van der Waals surface area contributed by atoms with E-state index in [1.54, 1.807) is 0 Å². The van der Waals surface area contributed by atoms with E-state index in [0.717, 1.165) is 37.7 Å². The molecule has 3 rings (SSSR count). The Bertz CT molecular complexity index is 482. The zero-order chi connectivity index (χ0) is 13.5. The van der Waals surface area contributed by atoms with Gasteiger partial charge in [-0.15, -0.1) is 0 Å². The van der Waals surface area contributed by atoms with E-state index in [0.29, 0.717) is 5.69 Å². The van der Waals surface area contributed by atoms with Gasteiger partial charge in [0.15, 0.2) is 0 Å². The van der Waals surface area contributed by atoms with E-state index in [2.05, 4.69) is 5.32 Å². The molecule has 0 bridgehead atoms. The van der Waals surface area contributed by atoms with Crippen LogP contribution in [0.5, 0.6) is 0 Å². The number of benzene rings is 1. The molecule has 0 aromatic heterocycles. The van der Waals surface area contributed by atoms with Crippen LogP contribution in [0, 0.1) is 0 Å². The Labute approximate surface area is 113 Å². The second-order valence-electron chi connectivity index (χ2n) is 5.95. The highest BCUT2D eigenvalue weighted by molar-refractivity contribution is 5.92. The monoisotopic (exact) mass is 260 g/mol. The average molecular weight is 260 g/mol. The fraction of sp³-hybridized carbons (Fsp3) is 0.533. The van der Waals surface area contributed by atoms with Crippen molar-refractivity contribution < 1.29 is 9.90 Å². The Balaban J connectivity index is 1.77. The maximum atomic E-state index is 12.5. The van der Waals surface area contributed by atoms with Crippen LogP contribution in [0.15, 0.2) is 24.3 Å². The van der Waals surface area contributed by atoms with Crippen molar-refractivity contribution in [2.45, 2.75) is 43.1 Å². The first-order valence-corrected chi connectivity index (χ1v) is 6.90. The van der Waals surface area contributed by atoms with Crippen molar-refractivity contribution >= 4 is 11.6 Å². The van der Waals surface area contributed by atoms with Crippen LogP contribution in [0.4, 0.5) is 5.69 Å². The van der Waals surface area contributed by atoms with E-state index in [-0.39, 0.29) is 23.5 Å². The van der Waals surface area contributed by atoms with Crippen molar-refractivity contribution in [2.75, 3.05) is 12.3 Å². The van der Waals surface area contributed by atoms with Crippen LogP contribution in [0.2, 0.25) is 0 Å². The number of anilines is 1. The largest absolute Gasteiger partial charge is 0.399 e. The summed E-state index contributed by atoms with van der Waals surface area (Å²) in [6, 6.07) is 7.56. The molecule has 2 aliphatic rings. The summed E-state index contributed by atoms with van der Waals surface area (Å²) in [6.07, 6.45) is 4.60. The third-order valence-electron chi connectivity index (χ3n) is 4.64. The van der Waals surface area contributed by atoms with Crippen molar-refractivity contribution in [3.8, 4) is 0 Å². The number of aliphatic hydroxyl groups is 1. The van der Waals surface area contributed by atoms with Gasteiger partial charge in [-0.1, -0.05) is 12.1 Å². The van der Waals surface area contributed by atoms with Crippen LogP contribution in [0.25, 0.3) is 0 Å². The minimum atomic E-state index is -0.383. The number of nitrogens with two attached hydrogens (primary N) is 1. The molecule has 4 nitrogen and oxygen atoms in total. The molecule has 0 atom stereocenters. The van der Waals surface area contributed by atoms with Crippen LogP contribution >= 0.6 is 0 Å². The van der Waals surface area contributed by atoms with Gasteiger partial charge in [0.05, 0.1) is 17.6 Å². The van der Waals surface area contributed by atoms with Gasteiger partial charge in [-0.2, -0.15) is 0 Å². The maximum absolute atomic E-state index is 12.5. The van der Waals surface area contributed by atoms with Crippen molar-refractivity contribution in [1.82, 2.24) is 5.32 Å². The zero-order valence-electron chi connectivity index (χ0n) is 11.0. The van der Waals surface area contributed by atoms with Gasteiger partial charge in [-0.05, 0) is 49.8 Å². The third-order valence-corrected chi connectivity index (χ3v) is 4.64. The standard InChI is InChI=1S/C15H20N2O2/c16-12-4-2-11(3-5-12)15(8-9-15)13(19)17-14(10-18)6-1-7-14/h2-5,18H,1,6-10,16H2,(H,17,19). The Hall–Kier alpha value is -1.55. The van der Waals surface area contributed by atoms with Crippen LogP contribution < -0.4 is 11.1 Å². The fourth-order valence-electron chi connectivity index (χ4n) is 2.86. The summed E-state index contributed by atoms with van der Waals surface area (Å²) in [5.74, 6) is 0.0611. The molecule has 4 N–H and O–H groups in total. The normalized spacial score (nSPS) is 22.4. The lowest BCUT2D eigenvalue weighted by atomic mass is 9.76. The molecule has 19 heavy (non-hydrogen) atoms. The average Bonchev–Trinajstić information content (AvgIpc) is 3.16. The number of nitrogen functional groups attached to an aromatic ring is 1. The second kappa shape index (κ2) is 4.23. The highest BCUT2D eigenvalue weighted by atomic mass is 16.3. The first-order valence-electron chi connectivity index (χ1n) is 6.90. The molecule has 1 amide bonds. The first kappa shape index (κ1) is 12.5. The third kappa shape index (κ3) is 2.00. The van der Waals surface area contributed by atoms with Crippen molar-refractivity contribution in [3.63, 3.8) is 0 Å². The summed E-state index contributed by atoms with van der Waals surface area (Å²) in [4.78, 5) is 12.5.